The van der Waals surface area contributed by atoms with Crippen molar-refractivity contribution >= 4 is 23.5 Å². The van der Waals surface area contributed by atoms with Gasteiger partial charge in [0.1, 0.15) is 0 Å². The Morgan fingerprint density at radius 3 is 2.84 bits per heavy atom. The van der Waals surface area contributed by atoms with Crippen molar-refractivity contribution in [1.29, 1.82) is 0 Å². The molecule has 0 saturated heterocycles. The van der Waals surface area contributed by atoms with Gasteiger partial charge in [0.05, 0.1) is 11.7 Å². The molecule has 6 heteroatoms. The summed E-state index contributed by atoms with van der Waals surface area (Å²) in [6.07, 6.45) is 6.70. The Hall–Kier alpha value is -1.72. The molecule has 0 aliphatic carbocycles. The van der Waals surface area contributed by atoms with Crippen molar-refractivity contribution in [3.05, 3.63) is 41.4 Å². The lowest BCUT2D eigenvalue weighted by Crippen LogP contribution is -2.51. The monoisotopic (exact) mass is 275 g/mol. The Morgan fingerprint density at radius 1 is 1.37 bits per heavy atom. The summed E-state index contributed by atoms with van der Waals surface area (Å²) in [5, 5.41) is 10.9. The van der Waals surface area contributed by atoms with Crippen LogP contribution >= 0.6 is 11.6 Å². The molecule has 5 nitrogen and oxygen atoms in total. The Morgan fingerprint density at radius 2 is 2.16 bits per heavy atom. The smallest absolute Gasteiger partial charge is 0.171 e. The van der Waals surface area contributed by atoms with E-state index in [1.165, 1.54) is 0 Å². The number of benzene rings is 1. The number of anilines is 1. The summed E-state index contributed by atoms with van der Waals surface area (Å²) in [5.74, 6) is 0. The Labute approximate surface area is 116 Å². The fourth-order valence-electron chi connectivity index (χ4n) is 2.09. The second-order valence-corrected chi connectivity index (χ2v) is 5.15. The SMILES string of the molecule is CC1(C2CC=CC=N2)N=NN(c2ccc(Cl)cc2)N1. The third-order valence-corrected chi connectivity index (χ3v) is 3.49. The van der Waals surface area contributed by atoms with Gasteiger partial charge >= 0.3 is 0 Å². The van der Waals surface area contributed by atoms with Gasteiger partial charge in [-0.3, -0.25) is 4.99 Å². The first-order chi connectivity index (χ1) is 9.17. The number of dihydropyridines is 1. The third kappa shape index (κ3) is 2.39. The van der Waals surface area contributed by atoms with E-state index in [4.69, 9.17) is 11.6 Å². The van der Waals surface area contributed by atoms with Crippen LogP contribution < -0.4 is 10.5 Å². The van der Waals surface area contributed by atoms with E-state index in [-0.39, 0.29) is 6.04 Å². The summed E-state index contributed by atoms with van der Waals surface area (Å²) in [5.41, 5.74) is 3.66. The van der Waals surface area contributed by atoms with E-state index in [0.717, 1.165) is 12.1 Å². The molecule has 0 saturated carbocycles. The van der Waals surface area contributed by atoms with Gasteiger partial charge in [-0.2, -0.15) is 10.5 Å². The van der Waals surface area contributed by atoms with Gasteiger partial charge in [0.2, 0.25) is 0 Å². The molecule has 2 atom stereocenters. The van der Waals surface area contributed by atoms with Gasteiger partial charge in [0, 0.05) is 11.2 Å². The molecule has 0 radical (unpaired) electrons. The number of allylic oxidation sites excluding steroid dienone is 1. The molecule has 2 unspecified atom stereocenters. The number of hydrogen-bond acceptors (Lipinski definition) is 5. The van der Waals surface area contributed by atoms with Crippen LogP contribution in [0.1, 0.15) is 13.3 Å². The average molecular weight is 276 g/mol. The zero-order valence-corrected chi connectivity index (χ0v) is 11.2. The number of nitrogens with zero attached hydrogens (tertiary/aromatic N) is 4. The van der Waals surface area contributed by atoms with Crippen LogP contribution in [0.4, 0.5) is 5.69 Å². The van der Waals surface area contributed by atoms with Crippen molar-refractivity contribution < 1.29 is 0 Å². The highest BCUT2D eigenvalue weighted by Crippen LogP contribution is 2.29. The lowest BCUT2D eigenvalue weighted by molar-refractivity contribution is 0.331. The van der Waals surface area contributed by atoms with Crippen LogP contribution in [0.25, 0.3) is 0 Å². The number of halogens is 1. The van der Waals surface area contributed by atoms with Gasteiger partial charge in [-0.1, -0.05) is 22.9 Å². The van der Waals surface area contributed by atoms with Crippen LogP contribution in [-0.2, 0) is 0 Å². The van der Waals surface area contributed by atoms with Gasteiger partial charge in [-0.25, -0.2) is 0 Å². The Kier molecular flexibility index (Phi) is 3.08. The maximum Gasteiger partial charge on any atom is 0.171 e. The molecule has 1 aromatic rings. The van der Waals surface area contributed by atoms with Crippen molar-refractivity contribution in [2.45, 2.75) is 25.0 Å². The topological polar surface area (TPSA) is 52.4 Å². The molecule has 1 aromatic carbocycles. The minimum Gasteiger partial charge on any atom is -0.285 e. The van der Waals surface area contributed by atoms with E-state index in [1.807, 2.05) is 43.5 Å². The zero-order chi connectivity index (χ0) is 13.3. The van der Waals surface area contributed by atoms with Crippen LogP contribution in [0.2, 0.25) is 5.02 Å². The first-order valence-corrected chi connectivity index (χ1v) is 6.50. The average Bonchev–Trinajstić information content (AvgIpc) is 2.85. The number of rotatable bonds is 2. The van der Waals surface area contributed by atoms with Crippen molar-refractivity contribution in [1.82, 2.24) is 5.43 Å². The fraction of sp³-hybridized carbons (Fsp3) is 0.308. The number of nitrogens with one attached hydrogen (secondary N) is 1. The highest BCUT2D eigenvalue weighted by Gasteiger charge is 2.39. The van der Waals surface area contributed by atoms with Gasteiger partial charge in [-0.15, -0.1) is 5.11 Å². The van der Waals surface area contributed by atoms with Gasteiger partial charge in [-0.05, 0) is 43.7 Å². The first-order valence-electron chi connectivity index (χ1n) is 6.12. The van der Waals surface area contributed by atoms with E-state index >= 15 is 0 Å². The Bertz CT molecular complexity index is 551. The molecule has 0 fully saturated rings. The molecule has 0 bridgehead atoms. The summed E-state index contributed by atoms with van der Waals surface area (Å²) < 4.78 is 0. The molecule has 3 rings (SSSR count). The standard InChI is InChI=1S/C13H14ClN5/c1-13(12-4-2-3-9-15-12)16-18-19(17-13)11-7-5-10(14)6-8-11/h2-3,5-9,12,17H,4H2,1H3. The van der Waals surface area contributed by atoms with Crippen LogP contribution in [0.15, 0.2) is 51.7 Å². The lowest BCUT2D eigenvalue weighted by Gasteiger charge is -2.29. The summed E-state index contributed by atoms with van der Waals surface area (Å²) in [4.78, 5) is 4.45. The number of aliphatic imine (C=N–C) groups is 1. The predicted octanol–water partition coefficient (Wildman–Crippen LogP) is 3.15. The highest BCUT2D eigenvalue weighted by atomic mass is 35.5. The fourth-order valence-corrected chi connectivity index (χ4v) is 2.22. The normalized spacial score (nSPS) is 29.2. The summed E-state index contributed by atoms with van der Waals surface area (Å²) in [7, 11) is 0. The number of hydrogen-bond donors (Lipinski definition) is 1. The molecule has 2 aliphatic rings. The molecular formula is C13H14ClN5. The lowest BCUT2D eigenvalue weighted by atomic mass is 10.00. The number of hydrazine groups is 1. The molecule has 98 valence electrons. The van der Waals surface area contributed by atoms with Crippen molar-refractivity contribution in [3.8, 4) is 0 Å². The molecule has 1 N–H and O–H groups in total. The van der Waals surface area contributed by atoms with Crippen molar-refractivity contribution in [2.75, 3.05) is 5.12 Å². The van der Waals surface area contributed by atoms with E-state index in [0.29, 0.717) is 5.02 Å². The summed E-state index contributed by atoms with van der Waals surface area (Å²) in [6.45, 7) is 1.99. The van der Waals surface area contributed by atoms with Gasteiger partial charge < -0.3 is 0 Å². The van der Waals surface area contributed by atoms with E-state index < -0.39 is 5.66 Å². The molecular weight excluding hydrogens is 262 g/mol. The largest absolute Gasteiger partial charge is 0.285 e. The molecule has 0 spiro atoms. The van der Waals surface area contributed by atoms with Gasteiger partial charge in [0.25, 0.3) is 0 Å². The Balaban J connectivity index is 1.76. The highest BCUT2D eigenvalue weighted by molar-refractivity contribution is 6.30. The molecule has 2 aliphatic heterocycles. The van der Waals surface area contributed by atoms with Gasteiger partial charge in [0.15, 0.2) is 5.66 Å². The van der Waals surface area contributed by atoms with Crippen LogP contribution in [0.5, 0.6) is 0 Å². The van der Waals surface area contributed by atoms with E-state index in [2.05, 4.69) is 26.8 Å². The molecule has 0 amide bonds. The maximum absolute atomic E-state index is 5.88. The third-order valence-electron chi connectivity index (χ3n) is 3.24. The van der Waals surface area contributed by atoms with Crippen LogP contribution in [0.3, 0.4) is 0 Å². The van der Waals surface area contributed by atoms with E-state index in [1.54, 1.807) is 5.12 Å². The zero-order valence-electron chi connectivity index (χ0n) is 10.5. The first kappa shape index (κ1) is 12.3. The second-order valence-electron chi connectivity index (χ2n) is 4.71. The second kappa shape index (κ2) is 4.75. The van der Waals surface area contributed by atoms with Crippen molar-refractivity contribution in [3.63, 3.8) is 0 Å². The van der Waals surface area contributed by atoms with Crippen molar-refractivity contribution in [2.24, 2.45) is 15.3 Å². The molecule has 19 heavy (non-hydrogen) atoms. The predicted molar refractivity (Wildman–Crippen MR) is 76.4 cm³/mol. The van der Waals surface area contributed by atoms with Crippen LogP contribution in [-0.4, -0.2) is 17.9 Å². The quantitative estimate of drug-likeness (QED) is 0.901. The van der Waals surface area contributed by atoms with Crippen LogP contribution in [0, 0.1) is 0 Å². The minimum atomic E-state index is -0.513. The molecule has 0 aromatic heterocycles. The summed E-state index contributed by atoms with van der Waals surface area (Å²) in [6, 6.07) is 7.49. The maximum atomic E-state index is 5.88. The summed E-state index contributed by atoms with van der Waals surface area (Å²) >= 11 is 5.88. The minimum absolute atomic E-state index is 0.0542. The molecule has 2 heterocycles. The van der Waals surface area contributed by atoms with E-state index in [9.17, 15) is 0 Å².